The highest BCUT2D eigenvalue weighted by Crippen LogP contribution is 2.25. The highest BCUT2D eigenvalue weighted by molar-refractivity contribution is 6.20. The van der Waals surface area contributed by atoms with E-state index in [1.807, 2.05) is 0 Å². The van der Waals surface area contributed by atoms with E-state index < -0.39 is 0 Å². The van der Waals surface area contributed by atoms with Gasteiger partial charge in [-0.1, -0.05) is 37.6 Å². The van der Waals surface area contributed by atoms with E-state index in [-0.39, 0.29) is 5.38 Å². The molecule has 2 heteroatoms. The number of ether oxygens (including phenoxy) is 1. The molecule has 0 saturated heterocycles. The van der Waals surface area contributed by atoms with Gasteiger partial charge in [0, 0.05) is 7.11 Å². The van der Waals surface area contributed by atoms with Gasteiger partial charge in [-0.25, -0.2) is 0 Å². The summed E-state index contributed by atoms with van der Waals surface area (Å²) in [5.74, 6) is 0. The summed E-state index contributed by atoms with van der Waals surface area (Å²) in [5, 5.41) is 0.159. The highest BCUT2D eigenvalue weighted by Gasteiger charge is 2.05. The van der Waals surface area contributed by atoms with E-state index in [4.69, 9.17) is 16.3 Å². The van der Waals surface area contributed by atoms with Crippen LogP contribution in [-0.4, -0.2) is 13.7 Å². The van der Waals surface area contributed by atoms with Crippen LogP contribution >= 0.6 is 11.6 Å². The second-order valence-electron chi connectivity index (χ2n) is 3.74. The summed E-state index contributed by atoms with van der Waals surface area (Å²) in [7, 11) is 1.73. The summed E-state index contributed by atoms with van der Waals surface area (Å²) in [6.45, 7) is 2.93. The average Bonchev–Trinajstić information content (AvgIpc) is 2.27. The van der Waals surface area contributed by atoms with E-state index in [0.29, 0.717) is 0 Å². The smallest absolute Gasteiger partial charge is 0.0585 e. The van der Waals surface area contributed by atoms with E-state index in [1.54, 1.807) is 7.11 Å². The molecule has 0 aromatic heterocycles. The van der Waals surface area contributed by atoms with Crippen LogP contribution in [0.2, 0.25) is 0 Å². The molecule has 0 aliphatic rings. The second kappa shape index (κ2) is 6.86. The number of hydrogen-bond acceptors (Lipinski definition) is 1. The summed E-state index contributed by atoms with van der Waals surface area (Å²) in [6, 6.07) is 8.52. The van der Waals surface area contributed by atoms with E-state index in [2.05, 4.69) is 31.2 Å². The Kier molecular flexibility index (Phi) is 5.74. The number of benzene rings is 1. The van der Waals surface area contributed by atoms with Gasteiger partial charge in [0.15, 0.2) is 0 Å². The first kappa shape index (κ1) is 12.5. The molecule has 1 aromatic rings. The number of methoxy groups -OCH3 is 1. The number of alkyl halides is 1. The summed E-state index contributed by atoms with van der Waals surface area (Å²) < 4.78 is 5.04. The standard InChI is InChI=1S/C13H19ClO/c1-3-4-13(14)12-7-5-11(6-8-12)9-10-15-2/h5-8,13H,3-4,9-10H2,1-2H3. The van der Waals surface area contributed by atoms with Gasteiger partial charge in [0.2, 0.25) is 0 Å². The monoisotopic (exact) mass is 226 g/mol. The Hall–Kier alpha value is -0.530. The molecule has 0 saturated carbocycles. The van der Waals surface area contributed by atoms with Gasteiger partial charge in [0.1, 0.15) is 0 Å². The maximum atomic E-state index is 6.24. The molecule has 0 amide bonds. The molecule has 0 radical (unpaired) electrons. The van der Waals surface area contributed by atoms with Crippen molar-refractivity contribution in [3.05, 3.63) is 35.4 Å². The lowest BCUT2D eigenvalue weighted by Crippen LogP contribution is -1.95. The van der Waals surface area contributed by atoms with Gasteiger partial charge in [-0.05, 0) is 24.0 Å². The van der Waals surface area contributed by atoms with Crippen molar-refractivity contribution in [1.82, 2.24) is 0 Å². The predicted octanol–water partition coefficient (Wildman–Crippen LogP) is 3.96. The third-order valence-electron chi connectivity index (χ3n) is 2.48. The fourth-order valence-electron chi connectivity index (χ4n) is 1.53. The molecule has 0 heterocycles. The molecule has 15 heavy (non-hydrogen) atoms. The minimum atomic E-state index is 0.159. The van der Waals surface area contributed by atoms with E-state index in [9.17, 15) is 0 Å². The third kappa shape index (κ3) is 4.23. The lowest BCUT2D eigenvalue weighted by atomic mass is 10.0. The van der Waals surface area contributed by atoms with Gasteiger partial charge >= 0.3 is 0 Å². The molecule has 1 atom stereocenters. The summed E-state index contributed by atoms with van der Waals surface area (Å²) >= 11 is 6.24. The lowest BCUT2D eigenvalue weighted by molar-refractivity contribution is 0.202. The van der Waals surface area contributed by atoms with Crippen molar-refractivity contribution in [3.63, 3.8) is 0 Å². The molecule has 84 valence electrons. The first-order chi connectivity index (χ1) is 7.27. The Morgan fingerprint density at radius 1 is 1.27 bits per heavy atom. The normalized spacial score (nSPS) is 12.7. The number of halogens is 1. The molecule has 1 aromatic carbocycles. The zero-order valence-electron chi connectivity index (χ0n) is 9.50. The average molecular weight is 227 g/mol. The molecule has 1 unspecified atom stereocenters. The molecule has 0 aliphatic carbocycles. The van der Waals surface area contributed by atoms with Crippen molar-refractivity contribution >= 4 is 11.6 Å². The Balaban J connectivity index is 2.55. The Morgan fingerprint density at radius 3 is 2.47 bits per heavy atom. The highest BCUT2D eigenvalue weighted by atomic mass is 35.5. The maximum absolute atomic E-state index is 6.24. The molecular weight excluding hydrogens is 208 g/mol. The van der Waals surface area contributed by atoms with Crippen molar-refractivity contribution in [3.8, 4) is 0 Å². The van der Waals surface area contributed by atoms with Crippen molar-refractivity contribution in [2.45, 2.75) is 31.6 Å². The maximum Gasteiger partial charge on any atom is 0.0585 e. The zero-order valence-corrected chi connectivity index (χ0v) is 10.3. The minimum Gasteiger partial charge on any atom is -0.384 e. The third-order valence-corrected chi connectivity index (χ3v) is 2.95. The van der Waals surface area contributed by atoms with Crippen molar-refractivity contribution < 1.29 is 4.74 Å². The van der Waals surface area contributed by atoms with Crippen molar-refractivity contribution in [2.24, 2.45) is 0 Å². The summed E-state index contributed by atoms with van der Waals surface area (Å²) in [4.78, 5) is 0. The van der Waals surface area contributed by atoms with Crippen LogP contribution in [0, 0.1) is 0 Å². The van der Waals surface area contributed by atoms with E-state index in [0.717, 1.165) is 25.9 Å². The van der Waals surface area contributed by atoms with Crippen LogP contribution in [0.25, 0.3) is 0 Å². The predicted molar refractivity (Wildman–Crippen MR) is 65.5 cm³/mol. The van der Waals surface area contributed by atoms with Crippen molar-refractivity contribution in [1.29, 1.82) is 0 Å². The Bertz CT molecular complexity index is 268. The fourth-order valence-corrected chi connectivity index (χ4v) is 1.90. The first-order valence-corrected chi connectivity index (χ1v) is 5.93. The van der Waals surface area contributed by atoms with Crippen LogP contribution in [0.5, 0.6) is 0 Å². The van der Waals surface area contributed by atoms with Crippen LogP contribution < -0.4 is 0 Å². The SMILES string of the molecule is CCCC(Cl)c1ccc(CCOC)cc1. The van der Waals surface area contributed by atoms with Gasteiger partial charge in [0.25, 0.3) is 0 Å². The summed E-state index contributed by atoms with van der Waals surface area (Å²) in [5.41, 5.74) is 2.53. The molecular formula is C13H19ClO. The van der Waals surface area contributed by atoms with Crippen LogP contribution in [0.15, 0.2) is 24.3 Å². The quantitative estimate of drug-likeness (QED) is 0.668. The molecule has 0 bridgehead atoms. The van der Waals surface area contributed by atoms with Crippen molar-refractivity contribution in [2.75, 3.05) is 13.7 Å². The van der Waals surface area contributed by atoms with Gasteiger partial charge in [-0.2, -0.15) is 0 Å². The van der Waals surface area contributed by atoms with Crippen LogP contribution in [-0.2, 0) is 11.2 Å². The van der Waals surface area contributed by atoms with Gasteiger partial charge in [0.05, 0.1) is 12.0 Å². The Morgan fingerprint density at radius 2 is 1.93 bits per heavy atom. The van der Waals surface area contributed by atoms with Gasteiger partial charge in [-0.3, -0.25) is 0 Å². The molecule has 0 fully saturated rings. The largest absolute Gasteiger partial charge is 0.384 e. The van der Waals surface area contributed by atoms with Crippen LogP contribution in [0.3, 0.4) is 0 Å². The lowest BCUT2D eigenvalue weighted by Gasteiger charge is -2.09. The van der Waals surface area contributed by atoms with Crippen LogP contribution in [0.4, 0.5) is 0 Å². The molecule has 1 nitrogen and oxygen atoms in total. The Labute approximate surface area is 97.4 Å². The second-order valence-corrected chi connectivity index (χ2v) is 4.27. The number of rotatable bonds is 6. The molecule has 0 N–H and O–H groups in total. The van der Waals surface area contributed by atoms with Gasteiger partial charge in [-0.15, -0.1) is 11.6 Å². The zero-order chi connectivity index (χ0) is 11.1. The van der Waals surface area contributed by atoms with E-state index >= 15 is 0 Å². The minimum absolute atomic E-state index is 0.159. The van der Waals surface area contributed by atoms with E-state index in [1.165, 1.54) is 11.1 Å². The molecule has 0 aliphatic heterocycles. The molecule has 0 spiro atoms. The fraction of sp³-hybridized carbons (Fsp3) is 0.538. The van der Waals surface area contributed by atoms with Crippen LogP contribution in [0.1, 0.15) is 36.3 Å². The van der Waals surface area contributed by atoms with Gasteiger partial charge < -0.3 is 4.74 Å². The topological polar surface area (TPSA) is 9.23 Å². The summed E-state index contributed by atoms with van der Waals surface area (Å²) in [6.07, 6.45) is 3.13. The number of hydrogen-bond donors (Lipinski definition) is 0. The molecule has 1 rings (SSSR count). The first-order valence-electron chi connectivity index (χ1n) is 5.49.